The van der Waals surface area contributed by atoms with Crippen molar-refractivity contribution in [3.05, 3.63) is 83.3 Å². The van der Waals surface area contributed by atoms with Gasteiger partial charge in [-0.25, -0.2) is 14.5 Å². The van der Waals surface area contributed by atoms with Gasteiger partial charge in [-0.05, 0) is 46.7 Å². The molecule has 1 aliphatic rings. The third kappa shape index (κ3) is 5.92. The van der Waals surface area contributed by atoms with Crippen LogP contribution in [0.3, 0.4) is 0 Å². The Labute approximate surface area is 256 Å². The second kappa shape index (κ2) is 11.8. The summed E-state index contributed by atoms with van der Waals surface area (Å²) in [5.74, 6) is -0.794. The van der Waals surface area contributed by atoms with Gasteiger partial charge in [0.1, 0.15) is 0 Å². The number of rotatable bonds is 8. The Morgan fingerprint density at radius 1 is 1.14 bits per heavy atom. The largest absolute Gasteiger partial charge is 0.465 e. The maximum atomic E-state index is 14.6. The lowest BCUT2D eigenvalue weighted by atomic mass is 9.75. The minimum atomic E-state index is -2.79. The van der Waals surface area contributed by atoms with Gasteiger partial charge < -0.3 is 10.2 Å². The van der Waals surface area contributed by atoms with Gasteiger partial charge in [-0.1, -0.05) is 62.7 Å². The molecule has 5 rings (SSSR count). The molecule has 4 N–H and O–H groups in total. The van der Waals surface area contributed by atoms with Gasteiger partial charge in [-0.3, -0.25) is 20.1 Å². The van der Waals surface area contributed by atoms with Crippen LogP contribution in [0.2, 0.25) is 5.02 Å². The molecule has 0 saturated heterocycles. The molecule has 2 atom stereocenters. The second-order valence-corrected chi connectivity index (χ2v) is 12.0. The first kappa shape index (κ1) is 30.8. The van der Waals surface area contributed by atoms with Crippen LogP contribution in [0.15, 0.2) is 72.1 Å². The number of carbonyl (C=O) groups excluding carboxylic acids is 1. The predicted molar refractivity (Wildman–Crippen MR) is 159 cm³/mol. The van der Waals surface area contributed by atoms with Gasteiger partial charge in [-0.15, -0.1) is 0 Å². The first-order valence-corrected chi connectivity index (χ1v) is 14.0. The summed E-state index contributed by atoms with van der Waals surface area (Å²) in [5, 5.41) is 33.5. The van der Waals surface area contributed by atoms with E-state index in [1.165, 1.54) is 17.3 Å². The van der Waals surface area contributed by atoms with Crippen molar-refractivity contribution in [2.24, 2.45) is 10.4 Å². The molecule has 44 heavy (non-hydrogen) atoms. The molecule has 230 valence electrons. The van der Waals surface area contributed by atoms with E-state index in [-0.39, 0.29) is 12.4 Å². The first-order chi connectivity index (χ1) is 20.8. The highest BCUT2D eigenvalue weighted by atomic mass is 35.5. The zero-order chi connectivity index (χ0) is 31.8. The highest BCUT2D eigenvalue weighted by molar-refractivity contribution is 6.33. The number of guanidine groups is 1. The van der Waals surface area contributed by atoms with E-state index in [1.807, 2.05) is 20.8 Å². The standard InChI is InChI=1S/C30H30ClF2N7O4/c1-29(2,3)16-30(20-7-4-17(5-8-20)19-13-35-39(14-19)26(32)33)25(42)40(27(37-30)36-28(43)44)24(15-41)18-6-9-22(31)21(12-18)23-10-11-34-38-23/h4-14,24,26,41H,15-16H2,1-3H3,(H,34,38)(H,36,37)(H,43,44)/t24-,30?/m1/s1. The van der Waals surface area contributed by atoms with E-state index in [0.717, 1.165) is 0 Å². The number of amides is 2. The number of carbonyl (C=O) groups is 2. The Balaban J connectivity index is 1.60. The average Bonchev–Trinajstić information content (AvgIpc) is 3.72. The first-order valence-electron chi connectivity index (χ1n) is 13.6. The van der Waals surface area contributed by atoms with Crippen molar-refractivity contribution in [1.82, 2.24) is 30.2 Å². The van der Waals surface area contributed by atoms with Crippen LogP contribution in [0, 0.1) is 5.41 Å². The number of nitrogens with one attached hydrogen (secondary N) is 2. The van der Waals surface area contributed by atoms with E-state index in [0.29, 0.717) is 43.2 Å². The third-order valence-corrected chi connectivity index (χ3v) is 7.58. The fourth-order valence-electron chi connectivity index (χ4n) is 5.45. The number of aromatic nitrogens is 4. The second-order valence-electron chi connectivity index (χ2n) is 11.6. The zero-order valence-electron chi connectivity index (χ0n) is 24.0. The topological polar surface area (TPSA) is 149 Å². The molecule has 3 heterocycles. The maximum absolute atomic E-state index is 14.6. The number of aliphatic imine (C=N–C) groups is 1. The lowest BCUT2D eigenvalue weighted by molar-refractivity contribution is -0.135. The van der Waals surface area contributed by atoms with Crippen molar-refractivity contribution in [2.45, 2.75) is 45.3 Å². The predicted octanol–water partition coefficient (Wildman–Crippen LogP) is 5.82. The van der Waals surface area contributed by atoms with Crippen LogP contribution >= 0.6 is 11.6 Å². The highest BCUT2D eigenvalue weighted by Gasteiger charge is 2.53. The Morgan fingerprint density at radius 3 is 2.43 bits per heavy atom. The zero-order valence-corrected chi connectivity index (χ0v) is 24.8. The molecule has 4 aromatic rings. The Hall–Kier alpha value is -4.62. The van der Waals surface area contributed by atoms with Crippen molar-refractivity contribution >= 4 is 29.6 Å². The van der Waals surface area contributed by atoms with Crippen molar-refractivity contribution in [3.63, 3.8) is 0 Å². The van der Waals surface area contributed by atoms with Crippen LogP contribution in [-0.4, -0.2) is 59.7 Å². The lowest BCUT2D eigenvalue weighted by Gasteiger charge is -2.34. The molecule has 1 unspecified atom stereocenters. The van der Waals surface area contributed by atoms with Crippen LogP contribution in [-0.2, 0) is 10.3 Å². The van der Waals surface area contributed by atoms with E-state index in [1.54, 1.807) is 54.7 Å². The van der Waals surface area contributed by atoms with Gasteiger partial charge >= 0.3 is 12.6 Å². The Bertz CT molecular complexity index is 1700. The number of nitrogens with zero attached hydrogens (tertiary/aromatic N) is 5. The number of hydrogen-bond acceptors (Lipinski definition) is 6. The van der Waals surface area contributed by atoms with Gasteiger partial charge in [0.05, 0.1) is 24.5 Å². The molecule has 0 spiro atoms. The number of aliphatic hydroxyl groups is 1. The molecule has 1 aliphatic heterocycles. The van der Waals surface area contributed by atoms with Crippen LogP contribution < -0.4 is 5.32 Å². The SMILES string of the molecule is CC(C)(C)CC1(c2ccc(-c3cnn(C(F)F)c3)cc2)N=C(NC(=O)O)N([C@H](CO)c2ccc(Cl)c(-c3ccn[nH]3)c2)C1=O. The summed E-state index contributed by atoms with van der Waals surface area (Å²) in [6.45, 7) is 2.44. The monoisotopic (exact) mass is 625 g/mol. The van der Waals surface area contributed by atoms with Gasteiger partial charge in [-0.2, -0.15) is 19.0 Å². The number of H-pyrrole nitrogens is 1. The summed E-state index contributed by atoms with van der Waals surface area (Å²) in [6, 6.07) is 12.3. The van der Waals surface area contributed by atoms with E-state index in [9.17, 15) is 28.6 Å². The van der Waals surface area contributed by atoms with Crippen molar-refractivity contribution < 1.29 is 28.6 Å². The quantitative estimate of drug-likeness (QED) is 0.194. The number of alkyl halides is 2. The summed E-state index contributed by atoms with van der Waals surface area (Å²) >= 11 is 6.45. The molecule has 2 aromatic heterocycles. The summed E-state index contributed by atoms with van der Waals surface area (Å²) in [6.07, 6.45) is 2.84. The van der Waals surface area contributed by atoms with Crippen molar-refractivity contribution in [2.75, 3.05) is 6.61 Å². The number of benzene rings is 2. The van der Waals surface area contributed by atoms with Crippen LogP contribution in [0.4, 0.5) is 13.6 Å². The lowest BCUT2D eigenvalue weighted by Crippen LogP contribution is -2.49. The van der Waals surface area contributed by atoms with Crippen LogP contribution in [0.25, 0.3) is 22.4 Å². The van der Waals surface area contributed by atoms with Gasteiger partial charge in [0.15, 0.2) is 5.54 Å². The summed E-state index contributed by atoms with van der Waals surface area (Å²) < 4.78 is 26.7. The molecule has 2 aromatic carbocycles. The van der Waals surface area contributed by atoms with Crippen molar-refractivity contribution in [3.8, 4) is 22.4 Å². The average molecular weight is 626 g/mol. The summed E-state index contributed by atoms with van der Waals surface area (Å²) in [7, 11) is 0. The molecule has 0 fully saturated rings. The normalized spacial score (nSPS) is 17.7. The van der Waals surface area contributed by atoms with Crippen LogP contribution in [0.5, 0.6) is 0 Å². The number of carboxylic acid groups (broad SMARTS) is 1. The summed E-state index contributed by atoms with van der Waals surface area (Å²) in [4.78, 5) is 32.4. The maximum Gasteiger partial charge on any atom is 0.411 e. The minimum absolute atomic E-state index is 0.182. The van der Waals surface area contributed by atoms with E-state index >= 15 is 0 Å². The van der Waals surface area contributed by atoms with E-state index < -0.39 is 42.2 Å². The number of aliphatic hydroxyl groups excluding tert-OH is 1. The Morgan fingerprint density at radius 2 is 1.86 bits per heavy atom. The van der Waals surface area contributed by atoms with Gasteiger partial charge in [0, 0.05) is 28.5 Å². The molecule has 0 radical (unpaired) electrons. The third-order valence-electron chi connectivity index (χ3n) is 7.25. The fraction of sp³-hybridized carbons (Fsp3) is 0.300. The molecule has 0 bridgehead atoms. The Kier molecular flexibility index (Phi) is 8.28. The fourth-order valence-corrected chi connectivity index (χ4v) is 5.67. The van der Waals surface area contributed by atoms with Crippen molar-refractivity contribution in [1.29, 1.82) is 0 Å². The van der Waals surface area contributed by atoms with E-state index in [2.05, 4.69) is 20.6 Å². The van der Waals surface area contributed by atoms with Gasteiger partial charge in [0.25, 0.3) is 5.91 Å². The smallest absolute Gasteiger partial charge is 0.411 e. The molecule has 14 heteroatoms. The van der Waals surface area contributed by atoms with Gasteiger partial charge in [0.2, 0.25) is 5.96 Å². The highest BCUT2D eigenvalue weighted by Crippen LogP contribution is 2.45. The number of hydrogen-bond donors (Lipinski definition) is 4. The molecule has 11 nitrogen and oxygen atoms in total. The minimum Gasteiger partial charge on any atom is -0.465 e. The van der Waals surface area contributed by atoms with Crippen LogP contribution in [0.1, 0.15) is 50.9 Å². The summed E-state index contributed by atoms with van der Waals surface area (Å²) in [5.41, 5.74) is 1.12. The van der Waals surface area contributed by atoms with E-state index in [4.69, 9.17) is 16.6 Å². The molecular formula is C30H30ClF2N7O4. The molecular weight excluding hydrogens is 596 g/mol. The number of aromatic amines is 1. The molecule has 2 amide bonds. The molecule has 0 aliphatic carbocycles. The number of halogens is 3. The molecule has 0 saturated carbocycles.